The molecule has 6 heteroatoms. The number of anilines is 1. The Hall–Kier alpha value is -1.82. The van der Waals surface area contributed by atoms with Crippen LogP contribution in [0.2, 0.25) is 0 Å². The van der Waals surface area contributed by atoms with Crippen molar-refractivity contribution in [1.82, 2.24) is 15.2 Å². The molecule has 1 aliphatic heterocycles. The number of nitrogens with two attached hydrogens (primary N) is 1. The molecule has 2 aromatic heterocycles. The van der Waals surface area contributed by atoms with Gasteiger partial charge in [-0.3, -0.25) is 5.10 Å². The van der Waals surface area contributed by atoms with Crippen LogP contribution < -0.4 is 10.6 Å². The summed E-state index contributed by atoms with van der Waals surface area (Å²) in [5.74, 6) is 2.98. The van der Waals surface area contributed by atoms with Crippen LogP contribution in [0.4, 0.5) is 5.95 Å². The van der Waals surface area contributed by atoms with E-state index < -0.39 is 0 Å². The predicted molar refractivity (Wildman–Crippen MR) is 77.4 cm³/mol. The number of aryl methyl sites for hydroxylation is 1. The van der Waals surface area contributed by atoms with Crippen LogP contribution in [0.5, 0.6) is 0 Å². The second-order valence-electron chi connectivity index (χ2n) is 5.47. The average Bonchev–Trinajstić information content (AvgIpc) is 3.09. The van der Waals surface area contributed by atoms with Crippen LogP contribution in [-0.4, -0.2) is 34.3 Å². The van der Waals surface area contributed by atoms with E-state index in [1.807, 2.05) is 6.07 Å². The average molecular weight is 275 g/mol. The minimum Gasteiger partial charge on any atom is -0.469 e. The van der Waals surface area contributed by atoms with Gasteiger partial charge in [0, 0.05) is 25.6 Å². The van der Waals surface area contributed by atoms with Crippen molar-refractivity contribution in [1.29, 1.82) is 0 Å². The van der Waals surface area contributed by atoms with Gasteiger partial charge in [-0.25, -0.2) is 0 Å². The van der Waals surface area contributed by atoms with Gasteiger partial charge in [0.05, 0.1) is 11.8 Å². The van der Waals surface area contributed by atoms with Crippen molar-refractivity contribution in [2.45, 2.75) is 32.7 Å². The molecule has 1 aliphatic rings. The first kappa shape index (κ1) is 13.2. The van der Waals surface area contributed by atoms with Crippen LogP contribution in [0.3, 0.4) is 0 Å². The number of piperidine rings is 1. The topological polar surface area (TPSA) is 84.0 Å². The molecule has 0 aliphatic carbocycles. The fourth-order valence-corrected chi connectivity index (χ4v) is 2.62. The Labute approximate surface area is 118 Å². The molecule has 108 valence electrons. The maximum atomic E-state index is 6.13. The fourth-order valence-electron chi connectivity index (χ4n) is 2.62. The Balaban J connectivity index is 1.80. The summed E-state index contributed by atoms with van der Waals surface area (Å²) in [4.78, 5) is 6.74. The number of nitrogens with one attached hydrogen (secondary N) is 1. The van der Waals surface area contributed by atoms with Gasteiger partial charge in [-0.1, -0.05) is 13.8 Å². The maximum absolute atomic E-state index is 6.13. The molecule has 2 atom stereocenters. The molecule has 0 aromatic carbocycles. The number of aromatic amines is 1. The number of rotatable bonds is 3. The van der Waals surface area contributed by atoms with E-state index in [4.69, 9.17) is 10.2 Å². The van der Waals surface area contributed by atoms with Gasteiger partial charge >= 0.3 is 0 Å². The summed E-state index contributed by atoms with van der Waals surface area (Å²) in [5.41, 5.74) is 7.12. The molecule has 3 rings (SSSR count). The van der Waals surface area contributed by atoms with Gasteiger partial charge < -0.3 is 15.1 Å². The second-order valence-corrected chi connectivity index (χ2v) is 5.47. The third-order valence-electron chi connectivity index (χ3n) is 4.09. The lowest BCUT2D eigenvalue weighted by Gasteiger charge is -2.34. The van der Waals surface area contributed by atoms with E-state index >= 15 is 0 Å². The lowest BCUT2D eigenvalue weighted by molar-refractivity contribution is 0.376. The van der Waals surface area contributed by atoms with Gasteiger partial charge in [0.25, 0.3) is 0 Å². The summed E-state index contributed by atoms with van der Waals surface area (Å²) in [6.07, 6.45) is 3.61. The highest BCUT2D eigenvalue weighted by atomic mass is 16.3. The fraction of sp³-hybridized carbons (Fsp3) is 0.571. The van der Waals surface area contributed by atoms with Crippen LogP contribution in [0.1, 0.15) is 26.0 Å². The molecule has 2 aromatic rings. The summed E-state index contributed by atoms with van der Waals surface area (Å²) < 4.78 is 5.43. The Morgan fingerprint density at radius 2 is 2.40 bits per heavy atom. The van der Waals surface area contributed by atoms with Gasteiger partial charge in [-0.15, -0.1) is 5.10 Å². The van der Waals surface area contributed by atoms with Gasteiger partial charge in [0.1, 0.15) is 5.76 Å². The molecule has 0 amide bonds. The molecule has 0 saturated carbocycles. The molecule has 2 unspecified atom stereocenters. The Morgan fingerprint density at radius 1 is 1.55 bits per heavy atom. The zero-order valence-corrected chi connectivity index (χ0v) is 12.0. The van der Waals surface area contributed by atoms with E-state index in [1.165, 1.54) is 0 Å². The largest absolute Gasteiger partial charge is 0.469 e. The molecular formula is C14H21N5O. The smallest absolute Gasteiger partial charge is 0.245 e. The summed E-state index contributed by atoms with van der Waals surface area (Å²) >= 11 is 0. The molecule has 0 spiro atoms. The highest BCUT2D eigenvalue weighted by Gasteiger charge is 2.25. The highest BCUT2D eigenvalue weighted by molar-refractivity contribution is 5.58. The number of nitrogens with zero attached hydrogens (tertiary/aromatic N) is 3. The normalized spacial score (nSPS) is 23.2. The van der Waals surface area contributed by atoms with Crippen molar-refractivity contribution >= 4 is 5.95 Å². The van der Waals surface area contributed by atoms with Crippen molar-refractivity contribution in [2.75, 3.05) is 18.0 Å². The molecular weight excluding hydrogens is 254 g/mol. The van der Waals surface area contributed by atoms with Crippen LogP contribution in [0.25, 0.3) is 11.4 Å². The number of H-pyrrole nitrogens is 1. The van der Waals surface area contributed by atoms with Crippen LogP contribution in [-0.2, 0) is 6.42 Å². The Morgan fingerprint density at radius 3 is 3.15 bits per heavy atom. The van der Waals surface area contributed by atoms with E-state index in [9.17, 15) is 0 Å². The molecule has 1 fully saturated rings. The summed E-state index contributed by atoms with van der Waals surface area (Å²) in [5, 5.41) is 7.33. The van der Waals surface area contributed by atoms with Gasteiger partial charge in [-0.05, 0) is 18.4 Å². The molecule has 20 heavy (non-hydrogen) atoms. The van der Waals surface area contributed by atoms with Gasteiger partial charge in [0.2, 0.25) is 5.95 Å². The first-order valence-electron chi connectivity index (χ1n) is 7.18. The minimum atomic E-state index is 0.186. The van der Waals surface area contributed by atoms with Crippen LogP contribution in [0, 0.1) is 5.92 Å². The second kappa shape index (κ2) is 5.28. The Bertz CT molecular complexity index is 576. The first-order valence-corrected chi connectivity index (χ1v) is 7.18. The molecule has 0 bridgehead atoms. The first-order chi connectivity index (χ1) is 9.69. The molecule has 6 nitrogen and oxygen atoms in total. The summed E-state index contributed by atoms with van der Waals surface area (Å²) in [7, 11) is 0. The van der Waals surface area contributed by atoms with E-state index in [1.54, 1.807) is 6.26 Å². The predicted octanol–water partition coefficient (Wildman–Crippen LogP) is 1.80. The third kappa shape index (κ3) is 2.31. The Kier molecular flexibility index (Phi) is 3.48. The summed E-state index contributed by atoms with van der Waals surface area (Å²) in [6.45, 7) is 6.03. The maximum Gasteiger partial charge on any atom is 0.245 e. The van der Waals surface area contributed by atoms with Crippen LogP contribution >= 0.6 is 0 Å². The van der Waals surface area contributed by atoms with E-state index in [2.05, 4.69) is 33.9 Å². The highest BCUT2D eigenvalue weighted by Crippen LogP contribution is 2.25. The third-order valence-corrected chi connectivity index (χ3v) is 4.09. The van der Waals surface area contributed by atoms with Crippen molar-refractivity contribution in [3.05, 3.63) is 18.1 Å². The standard InChI is InChI=1S/C14H21N5O/c1-3-12-10(5-7-20-12)13-16-14(18-17-13)19-6-4-9(2)11(15)8-19/h5,7,9,11H,3-4,6,8,15H2,1-2H3,(H,16,17,18). The van der Waals surface area contributed by atoms with Crippen molar-refractivity contribution in [3.8, 4) is 11.4 Å². The quantitative estimate of drug-likeness (QED) is 0.892. The molecule has 3 N–H and O–H groups in total. The number of hydrogen-bond donors (Lipinski definition) is 2. The SMILES string of the molecule is CCc1occc1-c1nc(N2CCC(C)C(N)C2)n[nH]1. The molecule has 0 radical (unpaired) electrons. The summed E-state index contributed by atoms with van der Waals surface area (Å²) in [6, 6.07) is 2.11. The lowest BCUT2D eigenvalue weighted by atomic mass is 9.95. The molecule has 3 heterocycles. The van der Waals surface area contributed by atoms with E-state index in [0.717, 1.165) is 49.0 Å². The number of furan rings is 1. The van der Waals surface area contributed by atoms with Crippen molar-refractivity contribution < 1.29 is 4.42 Å². The minimum absolute atomic E-state index is 0.186. The van der Waals surface area contributed by atoms with E-state index in [-0.39, 0.29) is 6.04 Å². The lowest BCUT2D eigenvalue weighted by Crippen LogP contribution is -2.48. The zero-order chi connectivity index (χ0) is 14.1. The molecule has 1 saturated heterocycles. The van der Waals surface area contributed by atoms with Crippen molar-refractivity contribution in [2.24, 2.45) is 11.7 Å². The monoisotopic (exact) mass is 275 g/mol. The number of aromatic nitrogens is 3. The van der Waals surface area contributed by atoms with Crippen LogP contribution in [0.15, 0.2) is 16.7 Å². The zero-order valence-electron chi connectivity index (χ0n) is 12.0. The van der Waals surface area contributed by atoms with E-state index in [0.29, 0.717) is 5.92 Å². The van der Waals surface area contributed by atoms with Gasteiger partial charge in [-0.2, -0.15) is 4.98 Å². The number of hydrogen-bond acceptors (Lipinski definition) is 5. The van der Waals surface area contributed by atoms with Crippen molar-refractivity contribution in [3.63, 3.8) is 0 Å². The van der Waals surface area contributed by atoms with Gasteiger partial charge in [0.15, 0.2) is 5.82 Å².